The zero-order chi connectivity index (χ0) is 21.9. The summed E-state index contributed by atoms with van der Waals surface area (Å²) in [6.07, 6.45) is 14.9. The fourth-order valence-corrected chi connectivity index (χ4v) is 3.34. The van der Waals surface area contributed by atoms with E-state index in [9.17, 15) is 9.59 Å². The molecule has 0 unspecified atom stereocenters. The van der Waals surface area contributed by atoms with Crippen LogP contribution in [0.4, 0.5) is 0 Å². The maximum absolute atomic E-state index is 11.7. The molecule has 0 fully saturated rings. The Labute approximate surface area is 187 Å². The van der Waals surface area contributed by atoms with E-state index in [1.807, 2.05) is 12.1 Å². The van der Waals surface area contributed by atoms with Gasteiger partial charge in [0.25, 0.3) is 0 Å². The molecule has 5 heteroatoms. The number of rotatable bonds is 18. The summed E-state index contributed by atoms with van der Waals surface area (Å²) >= 11 is 5.82. The Kier molecular flexibility index (Phi) is 16.1. The molecule has 0 N–H and O–H groups in total. The summed E-state index contributed by atoms with van der Waals surface area (Å²) in [7, 11) is 0. The molecule has 0 saturated heterocycles. The lowest BCUT2D eigenvalue weighted by atomic mass is 10.1. The lowest BCUT2D eigenvalue weighted by Crippen LogP contribution is -2.08. The number of esters is 2. The van der Waals surface area contributed by atoms with Crippen molar-refractivity contribution in [3.63, 3.8) is 0 Å². The zero-order valence-electron chi connectivity index (χ0n) is 18.6. The van der Waals surface area contributed by atoms with E-state index in [0.717, 1.165) is 18.4 Å². The van der Waals surface area contributed by atoms with E-state index in [4.69, 9.17) is 21.1 Å². The van der Waals surface area contributed by atoms with Crippen molar-refractivity contribution in [2.24, 2.45) is 0 Å². The van der Waals surface area contributed by atoms with Gasteiger partial charge in [0.1, 0.15) is 6.61 Å². The number of benzene rings is 1. The smallest absolute Gasteiger partial charge is 0.306 e. The minimum absolute atomic E-state index is 0.222. The molecule has 4 nitrogen and oxygen atoms in total. The first kappa shape index (κ1) is 26.5. The average Bonchev–Trinajstić information content (AvgIpc) is 2.74. The molecule has 170 valence electrons. The normalized spacial score (nSPS) is 10.7. The van der Waals surface area contributed by atoms with Crippen molar-refractivity contribution in [3.05, 3.63) is 34.9 Å². The second kappa shape index (κ2) is 18.2. The van der Waals surface area contributed by atoms with Crippen LogP contribution in [0.3, 0.4) is 0 Å². The van der Waals surface area contributed by atoms with Crippen LogP contribution < -0.4 is 0 Å². The van der Waals surface area contributed by atoms with Crippen LogP contribution in [0, 0.1) is 0 Å². The topological polar surface area (TPSA) is 52.6 Å². The molecule has 30 heavy (non-hydrogen) atoms. The number of carbonyl (C=O) groups excluding carboxylic acids is 2. The van der Waals surface area contributed by atoms with Gasteiger partial charge in [-0.3, -0.25) is 9.59 Å². The van der Waals surface area contributed by atoms with Crippen LogP contribution in [-0.2, 0) is 25.7 Å². The SMILES string of the molecule is CCCCCCCCCCCCCOC(=O)CCCC(=O)OCc1ccc(Cl)cc1. The highest BCUT2D eigenvalue weighted by atomic mass is 35.5. The van der Waals surface area contributed by atoms with Crippen LogP contribution in [0.1, 0.15) is 102 Å². The van der Waals surface area contributed by atoms with E-state index >= 15 is 0 Å². The number of halogens is 1. The Balaban J connectivity index is 1.87. The summed E-state index contributed by atoms with van der Waals surface area (Å²) in [5, 5.41) is 0.650. The Morgan fingerprint density at radius 2 is 1.20 bits per heavy atom. The number of ether oxygens (including phenoxy) is 2. The summed E-state index contributed by atoms with van der Waals surface area (Å²) in [5.74, 6) is -0.532. The van der Waals surface area contributed by atoms with Crippen LogP contribution in [0.2, 0.25) is 5.02 Å². The fourth-order valence-electron chi connectivity index (χ4n) is 3.22. The van der Waals surface area contributed by atoms with E-state index in [0.29, 0.717) is 18.1 Å². The molecule has 0 aliphatic carbocycles. The monoisotopic (exact) mass is 438 g/mol. The third kappa shape index (κ3) is 15.3. The number of carbonyl (C=O) groups is 2. The fraction of sp³-hybridized carbons (Fsp3) is 0.680. The van der Waals surface area contributed by atoms with E-state index in [1.54, 1.807) is 12.1 Å². The van der Waals surface area contributed by atoms with Gasteiger partial charge in [-0.05, 0) is 30.5 Å². The van der Waals surface area contributed by atoms with E-state index < -0.39 is 0 Å². The van der Waals surface area contributed by atoms with Crippen molar-refractivity contribution in [1.29, 1.82) is 0 Å². The molecule has 0 aromatic heterocycles. The molecule has 0 radical (unpaired) electrons. The molecule has 0 saturated carbocycles. The molecular formula is C25H39ClO4. The largest absolute Gasteiger partial charge is 0.466 e. The van der Waals surface area contributed by atoms with Crippen molar-refractivity contribution >= 4 is 23.5 Å². The van der Waals surface area contributed by atoms with Crippen LogP contribution in [-0.4, -0.2) is 18.5 Å². The zero-order valence-corrected chi connectivity index (χ0v) is 19.4. The van der Waals surface area contributed by atoms with Crippen LogP contribution in [0.5, 0.6) is 0 Å². The molecule has 0 amide bonds. The van der Waals surface area contributed by atoms with Crippen molar-refractivity contribution < 1.29 is 19.1 Å². The summed E-state index contributed by atoms with van der Waals surface area (Å²) in [4.78, 5) is 23.5. The molecule has 1 aromatic rings. The lowest BCUT2D eigenvalue weighted by Gasteiger charge is -2.06. The summed E-state index contributed by atoms with van der Waals surface area (Å²) in [6, 6.07) is 7.16. The molecule has 0 aliphatic rings. The van der Waals surface area contributed by atoms with Crippen LogP contribution in [0.25, 0.3) is 0 Å². The maximum atomic E-state index is 11.7. The van der Waals surface area contributed by atoms with Gasteiger partial charge < -0.3 is 9.47 Å². The first-order valence-corrected chi connectivity index (χ1v) is 12.0. The predicted octanol–water partition coefficient (Wildman–Crippen LogP) is 7.41. The van der Waals surface area contributed by atoms with Crippen LogP contribution >= 0.6 is 11.6 Å². The van der Waals surface area contributed by atoms with Gasteiger partial charge >= 0.3 is 11.9 Å². The Morgan fingerprint density at radius 1 is 0.700 bits per heavy atom. The third-order valence-electron chi connectivity index (χ3n) is 5.09. The van der Waals surface area contributed by atoms with Crippen molar-refractivity contribution in [1.82, 2.24) is 0 Å². The molecule has 0 aliphatic heterocycles. The van der Waals surface area contributed by atoms with Gasteiger partial charge in [0, 0.05) is 17.9 Å². The second-order valence-corrected chi connectivity index (χ2v) is 8.33. The molecule has 1 aromatic carbocycles. The number of unbranched alkanes of at least 4 members (excludes halogenated alkanes) is 10. The highest BCUT2D eigenvalue weighted by Crippen LogP contribution is 2.12. The summed E-state index contributed by atoms with van der Waals surface area (Å²) in [6.45, 7) is 2.95. The van der Waals surface area contributed by atoms with Gasteiger partial charge in [0.15, 0.2) is 0 Å². The first-order chi connectivity index (χ1) is 14.6. The molecule has 0 heterocycles. The highest BCUT2D eigenvalue weighted by Gasteiger charge is 2.08. The van der Waals surface area contributed by atoms with Gasteiger partial charge in [0.2, 0.25) is 0 Å². The van der Waals surface area contributed by atoms with Gasteiger partial charge in [0.05, 0.1) is 6.61 Å². The van der Waals surface area contributed by atoms with Crippen molar-refractivity contribution in [3.8, 4) is 0 Å². The van der Waals surface area contributed by atoms with Gasteiger partial charge in [-0.1, -0.05) is 94.9 Å². The Hall–Kier alpha value is -1.55. The van der Waals surface area contributed by atoms with Gasteiger partial charge in [-0.25, -0.2) is 0 Å². The Morgan fingerprint density at radius 3 is 1.77 bits per heavy atom. The molecule has 0 bridgehead atoms. The number of hydrogen-bond donors (Lipinski definition) is 0. The quantitative estimate of drug-likeness (QED) is 0.177. The lowest BCUT2D eigenvalue weighted by molar-refractivity contribution is -0.146. The van der Waals surface area contributed by atoms with E-state index in [-0.39, 0.29) is 31.4 Å². The Bertz CT molecular complexity index is 571. The molecule has 0 spiro atoms. The first-order valence-electron chi connectivity index (χ1n) is 11.7. The summed E-state index contributed by atoms with van der Waals surface area (Å²) < 4.78 is 10.4. The predicted molar refractivity (Wildman–Crippen MR) is 123 cm³/mol. The van der Waals surface area contributed by atoms with E-state index in [2.05, 4.69) is 6.92 Å². The van der Waals surface area contributed by atoms with Gasteiger partial charge in [-0.2, -0.15) is 0 Å². The third-order valence-corrected chi connectivity index (χ3v) is 5.34. The average molecular weight is 439 g/mol. The van der Waals surface area contributed by atoms with Crippen molar-refractivity contribution in [2.45, 2.75) is 103 Å². The minimum atomic E-state index is -0.303. The van der Waals surface area contributed by atoms with E-state index in [1.165, 1.54) is 57.8 Å². The second-order valence-electron chi connectivity index (χ2n) is 7.90. The summed E-state index contributed by atoms with van der Waals surface area (Å²) in [5.41, 5.74) is 0.888. The standard InChI is InChI=1S/C25H39ClO4/c1-2-3-4-5-6-7-8-9-10-11-12-20-29-24(27)14-13-15-25(28)30-21-22-16-18-23(26)19-17-22/h16-19H,2-15,20-21H2,1H3. The van der Waals surface area contributed by atoms with Crippen LogP contribution in [0.15, 0.2) is 24.3 Å². The highest BCUT2D eigenvalue weighted by molar-refractivity contribution is 6.30. The molecule has 1 rings (SSSR count). The maximum Gasteiger partial charge on any atom is 0.306 e. The number of hydrogen-bond acceptors (Lipinski definition) is 4. The molecule has 0 atom stereocenters. The molecular weight excluding hydrogens is 400 g/mol. The minimum Gasteiger partial charge on any atom is -0.466 e. The van der Waals surface area contributed by atoms with Gasteiger partial charge in [-0.15, -0.1) is 0 Å². The van der Waals surface area contributed by atoms with Crippen molar-refractivity contribution in [2.75, 3.05) is 6.61 Å².